The van der Waals surface area contributed by atoms with Gasteiger partial charge in [-0.15, -0.1) is 0 Å². The number of piperazine rings is 1. The summed E-state index contributed by atoms with van der Waals surface area (Å²) < 4.78 is 33.6. The van der Waals surface area contributed by atoms with Gasteiger partial charge in [-0.1, -0.05) is 13.0 Å². The molecule has 0 spiro atoms. The molecule has 2 aromatic heterocycles. The number of aliphatic hydroxyl groups excluding tert-OH is 1. The zero-order valence-electron chi connectivity index (χ0n) is 32.0. The Morgan fingerprint density at radius 3 is 2.38 bits per heavy atom. The molecule has 310 valence electrons. The summed E-state index contributed by atoms with van der Waals surface area (Å²) in [5.41, 5.74) is 5.94. The Hall–Kier alpha value is -3.70. The molecule has 6 N–H and O–H groups in total. The molecule has 0 aliphatic carbocycles. The van der Waals surface area contributed by atoms with Crippen LogP contribution in [0.5, 0.6) is 11.8 Å². The maximum atomic E-state index is 11.8. The van der Waals surface area contributed by atoms with Gasteiger partial charge in [-0.2, -0.15) is 21.7 Å². The Labute approximate surface area is 335 Å². The largest absolute Gasteiger partial charge is 0.480 e. The van der Waals surface area contributed by atoms with Gasteiger partial charge in [0.25, 0.3) is 0 Å². The number of unbranched alkanes of at least 4 members (excludes halogenated alkanes) is 1. The fourth-order valence-corrected chi connectivity index (χ4v) is 8.72. The van der Waals surface area contributed by atoms with Crippen molar-refractivity contribution in [1.82, 2.24) is 35.5 Å². The maximum Gasteiger partial charge on any atom is 0.315 e. The van der Waals surface area contributed by atoms with Crippen molar-refractivity contribution in [2.45, 2.75) is 59.4 Å². The number of hydrogen-bond donors (Lipinski definition) is 5. The monoisotopic (exact) mass is 822 g/mol. The van der Waals surface area contributed by atoms with Gasteiger partial charge < -0.3 is 60.1 Å². The minimum atomic E-state index is -0.799. The molecule has 3 aliphatic heterocycles. The molecular formula is C35H54N10O9S2. The Balaban J connectivity index is 0.878. The highest BCUT2D eigenvalue weighted by Gasteiger charge is 2.42. The second-order valence-corrected chi connectivity index (χ2v) is 15.3. The lowest BCUT2D eigenvalue weighted by atomic mass is 10.0. The second-order valence-electron chi connectivity index (χ2n) is 13.0. The van der Waals surface area contributed by atoms with Gasteiger partial charge in [0.05, 0.1) is 72.6 Å². The third-order valence-corrected chi connectivity index (χ3v) is 11.6. The molecule has 56 heavy (non-hydrogen) atoms. The first-order valence-corrected chi connectivity index (χ1v) is 20.6. The van der Waals surface area contributed by atoms with Gasteiger partial charge >= 0.3 is 6.03 Å². The average Bonchev–Trinajstić information content (AvgIpc) is 3.75. The van der Waals surface area contributed by atoms with Crippen LogP contribution in [0.2, 0.25) is 0 Å². The fourth-order valence-electron chi connectivity index (χ4n) is 6.27. The van der Waals surface area contributed by atoms with E-state index in [0.717, 1.165) is 62.5 Å². The number of hydrogen-bond acceptors (Lipinski definition) is 18. The Morgan fingerprint density at radius 1 is 1.02 bits per heavy atom. The summed E-state index contributed by atoms with van der Waals surface area (Å²) in [6.07, 6.45) is 3.79. The van der Waals surface area contributed by atoms with Crippen molar-refractivity contribution in [3.05, 3.63) is 18.7 Å². The Bertz CT molecular complexity index is 1550. The number of amides is 3. The third-order valence-electron chi connectivity index (χ3n) is 9.15. The number of carbonyl (C=O) groups excluding carboxylic acids is 2. The predicted molar refractivity (Wildman–Crippen MR) is 212 cm³/mol. The lowest BCUT2D eigenvalue weighted by molar-refractivity contribution is -0.118. The van der Waals surface area contributed by atoms with Crippen LogP contribution >= 0.6 is 23.5 Å². The number of methoxy groups -OCH3 is 2. The molecule has 4 atom stereocenters. The first-order valence-electron chi connectivity index (χ1n) is 18.7. The van der Waals surface area contributed by atoms with Crippen LogP contribution in [0.4, 0.5) is 22.4 Å². The number of aromatic nitrogens is 4. The first-order chi connectivity index (χ1) is 27.3. The molecule has 3 amide bonds. The van der Waals surface area contributed by atoms with E-state index in [2.05, 4.69) is 52.3 Å². The molecule has 0 radical (unpaired) electrons. The number of urea groups is 1. The molecule has 3 fully saturated rings. The molecule has 5 rings (SSSR count). The van der Waals surface area contributed by atoms with Crippen molar-refractivity contribution in [2.75, 3.05) is 115 Å². The SMILES string of the molecule is C=CC(=O)Nc1cc(N)nc(Sc2c(OC)nc(N3CCN(CCOCCOCCOCCOC(O)CCCCC4SCC5NC(=O)NC54)CC3)nc2OC)n1. The van der Waals surface area contributed by atoms with Crippen LogP contribution in [0.1, 0.15) is 25.7 Å². The van der Waals surface area contributed by atoms with Gasteiger partial charge in [0.15, 0.2) is 11.4 Å². The van der Waals surface area contributed by atoms with Crippen LogP contribution in [0, 0.1) is 0 Å². The number of thioether (sulfide) groups is 1. The van der Waals surface area contributed by atoms with Crippen molar-refractivity contribution >= 4 is 53.0 Å². The molecule has 0 aromatic carbocycles. The van der Waals surface area contributed by atoms with Crippen molar-refractivity contribution in [3.63, 3.8) is 0 Å². The standard InChI is InChI=1S/C35H54N10O9S2/c1-4-27(46)39-26-21-25(36)38-35(40-26)56-30-31(49-2)42-33(43-32(30)50-3)45-11-9-44(10-12-45)13-14-51-15-16-52-17-18-53-19-20-54-28(47)8-6-5-7-24-29-23(22-55-24)37-34(48)41-29/h4,21,23-24,28-29,47H,1,5-20,22H2,2-3H3,(H2,37,41,48)(H3,36,38,39,40,46). The summed E-state index contributed by atoms with van der Waals surface area (Å²) in [5.74, 6) is 2.00. The molecule has 5 heterocycles. The maximum absolute atomic E-state index is 11.8. The number of nitrogens with zero attached hydrogens (tertiary/aromatic N) is 6. The molecule has 4 unspecified atom stereocenters. The number of carbonyl (C=O) groups is 2. The minimum absolute atomic E-state index is 0.0619. The number of fused-ring (bicyclic) bond motifs is 1. The topological polar surface area (TPSA) is 230 Å². The number of nitrogen functional groups attached to an aromatic ring is 1. The highest BCUT2D eigenvalue weighted by molar-refractivity contribution is 8.00. The molecule has 0 saturated carbocycles. The van der Waals surface area contributed by atoms with E-state index in [1.807, 2.05) is 11.8 Å². The quantitative estimate of drug-likeness (QED) is 0.0313. The van der Waals surface area contributed by atoms with Gasteiger partial charge in [0, 0.05) is 49.8 Å². The van der Waals surface area contributed by atoms with Gasteiger partial charge in [0.2, 0.25) is 23.6 Å². The summed E-state index contributed by atoms with van der Waals surface area (Å²) in [5, 5.41) is 19.3. The highest BCUT2D eigenvalue weighted by Crippen LogP contribution is 2.40. The van der Waals surface area contributed by atoms with Crippen LogP contribution in [0.15, 0.2) is 28.8 Å². The van der Waals surface area contributed by atoms with E-state index in [1.165, 1.54) is 20.3 Å². The lowest BCUT2D eigenvalue weighted by Gasteiger charge is -2.34. The first kappa shape index (κ1) is 43.4. The summed E-state index contributed by atoms with van der Waals surface area (Å²) in [6.45, 7) is 10.4. The van der Waals surface area contributed by atoms with E-state index in [1.54, 1.807) is 0 Å². The van der Waals surface area contributed by atoms with Crippen molar-refractivity contribution in [3.8, 4) is 11.8 Å². The number of rotatable bonds is 25. The van der Waals surface area contributed by atoms with Crippen LogP contribution in [-0.2, 0) is 23.7 Å². The van der Waals surface area contributed by atoms with E-state index in [0.29, 0.717) is 93.6 Å². The molecular weight excluding hydrogens is 769 g/mol. The van der Waals surface area contributed by atoms with Crippen LogP contribution < -0.4 is 36.1 Å². The van der Waals surface area contributed by atoms with Crippen LogP contribution in [0.25, 0.3) is 0 Å². The summed E-state index contributed by atoms with van der Waals surface area (Å²) in [7, 11) is 3.03. The number of ether oxygens (including phenoxy) is 6. The van der Waals surface area contributed by atoms with Gasteiger partial charge in [-0.25, -0.2) is 14.8 Å². The average molecular weight is 823 g/mol. The van der Waals surface area contributed by atoms with Crippen molar-refractivity contribution in [2.24, 2.45) is 0 Å². The second kappa shape index (κ2) is 22.9. The molecule has 2 aromatic rings. The van der Waals surface area contributed by atoms with E-state index in [4.69, 9.17) is 34.2 Å². The lowest BCUT2D eigenvalue weighted by Crippen LogP contribution is -2.48. The summed E-state index contributed by atoms with van der Waals surface area (Å²) >= 11 is 3.01. The smallest absolute Gasteiger partial charge is 0.315 e. The molecule has 3 aliphatic rings. The van der Waals surface area contributed by atoms with Crippen LogP contribution in [-0.4, -0.2) is 164 Å². The van der Waals surface area contributed by atoms with Crippen LogP contribution in [0.3, 0.4) is 0 Å². The number of aliphatic hydroxyl groups is 1. The Kier molecular flexibility index (Phi) is 17.7. The third kappa shape index (κ3) is 13.5. The molecule has 21 heteroatoms. The fraction of sp³-hybridized carbons (Fsp3) is 0.657. The van der Waals surface area contributed by atoms with Crippen molar-refractivity contribution < 1.29 is 43.1 Å². The van der Waals surface area contributed by atoms with Gasteiger partial charge in [-0.05, 0) is 37.1 Å². The normalized spacial score (nSPS) is 19.9. The molecule has 0 bridgehead atoms. The molecule has 3 saturated heterocycles. The number of anilines is 3. The zero-order chi connectivity index (χ0) is 39.7. The molecule has 19 nitrogen and oxygen atoms in total. The van der Waals surface area contributed by atoms with Crippen molar-refractivity contribution in [1.29, 1.82) is 0 Å². The summed E-state index contributed by atoms with van der Waals surface area (Å²) in [6, 6.07) is 1.84. The van der Waals surface area contributed by atoms with E-state index < -0.39 is 12.2 Å². The zero-order valence-corrected chi connectivity index (χ0v) is 33.6. The number of nitrogens with one attached hydrogen (secondary N) is 3. The van der Waals surface area contributed by atoms with Gasteiger partial charge in [0.1, 0.15) is 16.5 Å². The number of nitrogens with two attached hydrogens (primary N) is 1. The van der Waals surface area contributed by atoms with Gasteiger partial charge in [-0.3, -0.25) is 9.69 Å². The van der Waals surface area contributed by atoms with E-state index in [9.17, 15) is 14.7 Å². The summed E-state index contributed by atoms with van der Waals surface area (Å²) in [4.78, 5) is 46.0. The minimum Gasteiger partial charge on any atom is -0.480 e. The predicted octanol–water partition coefficient (Wildman–Crippen LogP) is 1.37. The Morgan fingerprint density at radius 2 is 1.70 bits per heavy atom. The highest BCUT2D eigenvalue weighted by atomic mass is 32.2. The van der Waals surface area contributed by atoms with E-state index in [-0.39, 0.29) is 34.9 Å². The van der Waals surface area contributed by atoms with E-state index >= 15 is 0 Å².